The number of likely N-dealkylation sites (tertiary alicyclic amines) is 1. The fourth-order valence-electron chi connectivity index (χ4n) is 3.88. The van der Waals surface area contributed by atoms with E-state index in [1.807, 2.05) is 0 Å². The monoisotopic (exact) mass is 452 g/mol. The molecule has 0 radical (unpaired) electrons. The van der Waals surface area contributed by atoms with Crippen LogP contribution in [-0.2, 0) is 15.7 Å². The first kappa shape index (κ1) is 23.7. The quantitative estimate of drug-likeness (QED) is 0.513. The number of amides is 2. The molecule has 1 fully saturated rings. The lowest BCUT2D eigenvalue weighted by atomic mass is 9.87. The van der Waals surface area contributed by atoms with Gasteiger partial charge in [-0.1, -0.05) is 30.3 Å². The van der Waals surface area contributed by atoms with Crippen LogP contribution in [0.5, 0.6) is 0 Å². The van der Waals surface area contributed by atoms with E-state index in [2.05, 4.69) is 5.32 Å². The Balaban J connectivity index is 1.87. The summed E-state index contributed by atoms with van der Waals surface area (Å²) in [5.74, 6) is -3.09. The zero-order valence-corrected chi connectivity index (χ0v) is 17.5. The van der Waals surface area contributed by atoms with Gasteiger partial charge in [-0.25, -0.2) is 4.39 Å². The first-order valence-corrected chi connectivity index (χ1v) is 10.2. The number of methoxy groups -OCH3 is 1. The Morgan fingerprint density at radius 2 is 1.88 bits per heavy atom. The molecule has 0 spiro atoms. The number of carbonyl (C=O) groups is 2. The molecule has 1 saturated heterocycles. The molecule has 0 aromatic heterocycles. The maximum Gasteiger partial charge on any atom is 0.416 e. The van der Waals surface area contributed by atoms with Crippen LogP contribution in [0.3, 0.4) is 0 Å². The number of nitrogens with one attached hydrogen (secondary N) is 1. The molecule has 0 saturated carbocycles. The average molecular weight is 452 g/mol. The number of alkyl halides is 3. The molecule has 32 heavy (non-hydrogen) atoms. The van der Waals surface area contributed by atoms with Gasteiger partial charge in [-0.05, 0) is 30.2 Å². The molecule has 2 aromatic rings. The molecule has 2 atom stereocenters. The molecular weight excluding hydrogens is 428 g/mol. The number of carbonyl (C=O) groups excluding carboxylic acids is 2. The van der Waals surface area contributed by atoms with Crippen LogP contribution >= 0.6 is 0 Å². The summed E-state index contributed by atoms with van der Waals surface area (Å²) in [5.41, 5.74) is -0.662. The lowest BCUT2D eigenvalue weighted by molar-refractivity contribution is -0.137. The summed E-state index contributed by atoms with van der Waals surface area (Å²) in [7, 11) is 1.54. The molecule has 0 unspecified atom stereocenters. The first-order valence-electron chi connectivity index (χ1n) is 10.2. The number of ether oxygens (including phenoxy) is 1. The van der Waals surface area contributed by atoms with Crippen LogP contribution in [0.2, 0.25) is 0 Å². The van der Waals surface area contributed by atoms with Gasteiger partial charge in [0.2, 0.25) is 5.91 Å². The van der Waals surface area contributed by atoms with Crippen molar-refractivity contribution < 1.29 is 31.9 Å². The van der Waals surface area contributed by atoms with Crippen LogP contribution in [0.15, 0.2) is 48.5 Å². The number of hydrogen-bond donors (Lipinski definition) is 1. The molecule has 2 amide bonds. The molecule has 1 aliphatic heterocycles. The van der Waals surface area contributed by atoms with Gasteiger partial charge in [0.25, 0.3) is 5.91 Å². The van der Waals surface area contributed by atoms with Crippen LogP contribution < -0.4 is 5.32 Å². The van der Waals surface area contributed by atoms with Gasteiger partial charge in [-0.3, -0.25) is 9.59 Å². The molecule has 1 heterocycles. The fraction of sp³-hybridized carbons (Fsp3) is 0.391. The summed E-state index contributed by atoms with van der Waals surface area (Å²) in [6, 6.07) is 10.2. The van der Waals surface area contributed by atoms with Gasteiger partial charge in [0.05, 0.1) is 17.0 Å². The van der Waals surface area contributed by atoms with Crippen molar-refractivity contribution in [2.75, 3.05) is 33.4 Å². The molecule has 0 aliphatic carbocycles. The van der Waals surface area contributed by atoms with E-state index in [9.17, 15) is 27.2 Å². The summed E-state index contributed by atoms with van der Waals surface area (Å²) in [4.78, 5) is 27.1. The third-order valence-corrected chi connectivity index (χ3v) is 5.51. The summed E-state index contributed by atoms with van der Waals surface area (Å²) in [6.45, 7) is 0.758. The third kappa shape index (κ3) is 5.45. The molecule has 3 rings (SSSR count). The van der Waals surface area contributed by atoms with Crippen LogP contribution in [-0.4, -0.2) is 50.1 Å². The summed E-state index contributed by atoms with van der Waals surface area (Å²) < 4.78 is 58.7. The molecule has 2 aromatic carbocycles. The number of benzene rings is 2. The van der Waals surface area contributed by atoms with Crippen molar-refractivity contribution in [2.24, 2.45) is 5.92 Å². The van der Waals surface area contributed by atoms with Gasteiger partial charge < -0.3 is 15.0 Å². The predicted molar refractivity (Wildman–Crippen MR) is 109 cm³/mol. The Bertz CT molecular complexity index is 964. The summed E-state index contributed by atoms with van der Waals surface area (Å²) in [6.07, 6.45) is -3.96. The SMILES string of the molecule is COCCCNC(=O)[C@H]1CN(C(=O)c2ccccc2F)C[C@@H]1c1cccc(C(F)(F)F)c1. The normalized spacial score (nSPS) is 18.6. The third-order valence-electron chi connectivity index (χ3n) is 5.51. The van der Waals surface area contributed by atoms with E-state index in [0.717, 1.165) is 18.2 Å². The minimum Gasteiger partial charge on any atom is -0.385 e. The van der Waals surface area contributed by atoms with E-state index < -0.39 is 35.3 Å². The van der Waals surface area contributed by atoms with Crippen molar-refractivity contribution in [1.82, 2.24) is 10.2 Å². The maximum absolute atomic E-state index is 14.1. The van der Waals surface area contributed by atoms with E-state index in [4.69, 9.17) is 4.74 Å². The highest BCUT2D eigenvalue weighted by atomic mass is 19.4. The van der Waals surface area contributed by atoms with Crippen molar-refractivity contribution in [2.45, 2.75) is 18.5 Å². The van der Waals surface area contributed by atoms with Crippen LogP contribution in [0.4, 0.5) is 17.6 Å². The summed E-state index contributed by atoms with van der Waals surface area (Å²) >= 11 is 0. The maximum atomic E-state index is 14.1. The minimum absolute atomic E-state index is 0.00460. The molecular formula is C23H24F4N2O3. The number of hydrogen-bond acceptors (Lipinski definition) is 3. The second-order valence-corrected chi connectivity index (χ2v) is 7.66. The fourth-order valence-corrected chi connectivity index (χ4v) is 3.88. The second kappa shape index (κ2) is 10.1. The van der Waals surface area contributed by atoms with E-state index in [1.165, 1.54) is 42.3 Å². The Kier molecular flexibility index (Phi) is 7.50. The van der Waals surface area contributed by atoms with Gasteiger partial charge in [0, 0.05) is 39.3 Å². The lowest BCUT2D eigenvalue weighted by Crippen LogP contribution is -2.36. The van der Waals surface area contributed by atoms with Crippen LogP contribution in [0, 0.1) is 11.7 Å². The number of rotatable bonds is 7. The molecule has 9 heteroatoms. The summed E-state index contributed by atoms with van der Waals surface area (Å²) in [5, 5.41) is 2.76. The van der Waals surface area contributed by atoms with E-state index in [0.29, 0.717) is 25.1 Å². The highest BCUT2D eigenvalue weighted by Crippen LogP contribution is 2.37. The van der Waals surface area contributed by atoms with Crippen molar-refractivity contribution in [3.8, 4) is 0 Å². The van der Waals surface area contributed by atoms with Crippen molar-refractivity contribution in [1.29, 1.82) is 0 Å². The molecule has 172 valence electrons. The van der Waals surface area contributed by atoms with Gasteiger partial charge >= 0.3 is 6.18 Å². The molecule has 1 N–H and O–H groups in total. The Hall–Kier alpha value is -2.94. The van der Waals surface area contributed by atoms with Gasteiger partial charge in [-0.15, -0.1) is 0 Å². The zero-order chi connectivity index (χ0) is 23.3. The van der Waals surface area contributed by atoms with Crippen molar-refractivity contribution in [3.05, 3.63) is 71.0 Å². The smallest absolute Gasteiger partial charge is 0.385 e. The molecule has 0 bridgehead atoms. The van der Waals surface area contributed by atoms with Crippen LogP contribution in [0.25, 0.3) is 0 Å². The number of halogens is 4. The molecule has 5 nitrogen and oxygen atoms in total. The first-order chi connectivity index (χ1) is 15.2. The molecule has 1 aliphatic rings. The van der Waals surface area contributed by atoms with E-state index in [-0.39, 0.29) is 24.6 Å². The second-order valence-electron chi connectivity index (χ2n) is 7.66. The van der Waals surface area contributed by atoms with Gasteiger partial charge in [0.15, 0.2) is 0 Å². The van der Waals surface area contributed by atoms with Crippen molar-refractivity contribution in [3.63, 3.8) is 0 Å². The van der Waals surface area contributed by atoms with Gasteiger partial charge in [-0.2, -0.15) is 13.2 Å². The Labute approximate surface area is 183 Å². The predicted octanol–water partition coefficient (Wildman–Crippen LogP) is 3.85. The Morgan fingerprint density at radius 3 is 2.56 bits per heavy atom. The van der Waals surface area contributed by atoms with Crippen LogP contribution in [0.1, 0.15) is 33.8 Å². The number of nitrogens with zero attached hydrogens (tertiary/aromatic N) is 1. The van der Waals surface area contributed by atoms with Crippen molar-refractivity contribution >= 4 is 11.8 Å². The van der Waals surface area contributed by atoms with E-state index in [1.54, 1.807) is 0 Å². The Morgan fingerprint density at radius 1 is 1.12 bits per heavy atom. The zero-order valence-electron chi connectivity index (χ0n) is 17.5. The van der Waals surface area contributed by atoms with Gasteiger partial charge in [0.1, 0.15) is 5.82 Å². The average Bonchev–Trinajstić information content (AvgIpc) is 3.22. The highest BCUT2D eigenvalue weighted by Gasteiger charge is 2.41. The van der Waals surface area contributed by atoms with E-state index >= 15 is 0 Å². The topological polar surface area (TPSA) is 58.6 Å². The standard InChI is InChI=1S/C23H24F4N2O3/c1-32-11-5-10-28-21(30)19-14-29(22(31)17-8-2-3-9-20(17)24)13-18(19)15-6-4-7-16(12-15)23(25,26)27/h2-4,6-9,12,18-19H,5,10-11,13-14H2,1H3,(H,28,30)/t18-,19+/m1/s1. The minimum atomic E-state index is -4.53. The highest BCUT2D eigenvalue weighted by molar-refractivity contribution is 5.95. The largest absolute Gasteiger partial charge is 0.416 e. The lowest BCUT2D eigenvalue weighted by Gasteiger charge is -2.19.